The maximum atomic E-state index is 12.3. The lowest BCUT2D eigenvalue weighted by Gasteiger charge is -2.10. The van der Waals surface area contributed by atoms with Gasteiger partial charge in [0.2, 0.25) is 5.91 Å². The van der Waals surface area contributed by atoms with E-state index in [4.69, 9.17) is 0 Å². The van der Waals surface area contributed by atoms with Gasteiger partial charge in [0.05, 0.1) is 0 Å². The van der Waals surface area contributed by atoms with Crippen molar-refractivity contribution in [1.29, 1.82) is 0 Å². The third-order valence-corrected chi connectivity index (χ3v) is 3.09. The Morgan fingerprint density at radius 1 is 1.60 bits per heavy atom. The van der Waals surface area contributed by atoms with Crippen LogP contribution in [0.4, 0.5) is 13.2 Å². The van der Waals surface area contributed by atoms with Gasteiger partial charge in [-0.15, -0.1) is 0 Å². The van der Waals surface area contributed by atoms with Crippen LogP contribution in [0.15, 0.2) is 6.07 Å². The number of amides is 2. The van der Waals surface area contributed by atoms with E-state index in [2.05, 4.69) is 10.4 Å². The van der Waals surface area contributed by atoms with E-state index in [9.17, 15) is 22.8 Å². The summed E-state index contributed by atoms with van der Waals surface area (Å²) in [5, 5.41) is 7.57. The van der Waals surface area contributed by atoms with Gasteiger partial charge in [0, 0.05) is 38.5 Å². The first-order valence-electron chi connectivity index (χ1n) is 5.92. The van der Waals surface area contributed by atoms with E-state index in [0.717, 1.165) is 0 Å². The summed E-state index contributed by atoms with van der Waals surface area (Å²) in [6.45, 7) is 0.747. The highest BCUT2D eigenvalue weighted by Gasteiger charge is 2.34. The van der Waals surface area contributed by atoms with Gasteiger partial charge in [0.15, 0.2) is 5.69 Å². The fourth-order valence-corrected chi connectivity index (χ4v) is 2.00. The van der Waals surface area contributed by atoms with Gasteiger partial charge < -0.3 is 10.2 Å². The van der Waals surface area contributed by atoms with E-state index in [1.165, 1.54) is 0 Å². The van der Waals surface area contributed by atoms with Gasteiger partial charge in [-0.25, -0.2) is 0 Å². The van der Waals surface area contributed by atoms with Crippen molar-refractivity contribution < 1.29 is 22.8 Å². The quantitative estimate of drug-likeness (QED) is 0.857. The molecule has 2 amide bonds. The molecule has 1 unspecified atom stereocenters. The summed E-state index contributed by atoms with van der Waals surface area (Å²) in [6, 6.07) is 0.654. The molecule has 20 heavy (non-hydrogen) atoms. The fourth-order valence-electron chi connectivity index (χ4n) is 2.00. The van der Waals surface area contributed by atoms with Crippen LogP contribution in [0.25, 0.3) is 0 Å². The molecule has 2 rings (SSSR count). The average molecular weight is 290 g/mol. The Hall–Kier alpha value is -2.06. The maximum absolute atomic E-state index is 12.3. The second kappa shape index (κ2) is 5.14. The van der Waals surface area contributed by atoms with Gasteiger partial charge in [-0.05, 0) is 0 Å². The van der Waals surface area contributed by atoms with Crippen molar-refractivity contribution >= 4 is 11.8 Å². The molecular formula is C11H13F3N4O2. The van der Waals surface area contributed by atoms with Gasteiger partial charge >= 0.3 is 6.18 Å². The Kier molecular flexibility index (Phi) is 3.69. The number of nitrogens with zero attached hydrogens (tertiary/aromatic N) is 2. The molecule has 6 nitrogen and oxygen atoms in total. The summed E-state index contributed by atoms with van der Waals surface area (Å²) in [7, 11) is 1.66. The van der Waals surface area contributed by atoms with Crippen LogP contribution in [0.5, 0.6) is 0 Å². The minimum absolute atomic E-state index is 0.0108. The highest BCUT2D eigenvalue weighted by atomic mass is 19.4. The number of aromatic amines is 1. The number of alkyl halides is 3. The normalized spacial score (nSPS) is 19.5. The van der Waals surface area contributed by atoms with Gasteiger partial charge in [0.1, 0.15) is 5.69 Å². The molecular weight excluding hydrogens is 277 g/mol. The first kappa shape index (κ1) is 14.4. The van der Waals surface area contributed by atoms with E-state index in [-0.39, 0.29) is 24.1 Å². The molecule has 2 N–H and O–H groups in total. The molecule has 110 valence electrons. The van der Waals surface area contributed by atoms with Crippen LogP contribution in [-0.4, -0.2) is 47.0 Å². The van der Waals surface area contributed by atoms with Crippen molar-refractivity contribution in [3.63, 3.8) is 0 Å². The second-order valence-electron chi connectivity index (χ2n) is 4.72. The molecule has 0 bridgehead atoms. The number of carbonyl (C=O) groups is 2. The number of carbonyl (C=O) groups excluding carboxylic acids is 2. The SMILES string of the molecule is CN1CC(CNC(=O)c2cc(C(F)(F)F)[nH]n2)CC1=O. The maximum Gasteiger partial charge on any atom is 0.432 e. The van der Waals surface area contributed by atoms with E-state index in [1.54, 1.807) is 17.0 Å². The zero-order valence-electron chi connectivity index (χ0n) is 10.6. The molecule has 1 aromatic rings. The molecule has 0 aromatic carbocycles. The predicted molar refractivity (Wildman–Crippen MR) is 61.7 cm³/mol. The first-order chi connectivity index (χ1) is 9.27. The van der Waals surface area contributed by atoms with E-state index in [1.807, 2.05) is 0 Å². The summed E-state index contributed by atoms with van der Waals surface area (Å²) >= 11 is 0. The average Bonchev–Trinajstić information content (AvgIpc) is 2.94. The third-order valence-electron chi connectivity index (χ3n) is 3.09. The molecule has 1 aromatic heterocycles. The fraction of sp³-hybridized carbons (Fsp3) is 0.545. The Balaban J connectivity index is 1.89. The zero-order chi connectivity index (χ0) is 14.9. The molecule has 0 saturated carbocycles. The van der Waals surface area contributed by atoms with Crippen molar-refractivity contribution in [3.05, 3.63) is 17.5 Å². The van der Waals surface area contributed by atoms with Crippen molar-refractivity contribution in [1.82, 2.24) is 20.4 Å². The van der Waals surface area contributed by atoms with Crippen molar-refractivity contribution in [2.45, 2.75) is 12.6 Å². The number of rotatable bonds is 3. The summed E-state index contributed by atoms with van der Waals surface area (Å²) in [5.74, 6) is -0.736. The number of H-pyrrole nitrogens is 1. The largest absolute Gasteiger partial charge is 0.432 e. The van der Waals surface area contributed by atoms with Crippen molar-refractivity contribution in [2.24, 2.45) is 5.92 Å². The molecule has 9 heteroatoms. The highest BCUT2D eigenvalue weighted by molar-refractivity contribution is 5.92. The Bertz CT molecular complexity index is 526. The van der Waals surface area contributed by atoms with Crippen LogP contribution in [-0.2, 0) is 11.0 Å². The molecule has 0 spiro atoms. The molecule has 1 fully saturated rings. The monoisotopic (exact) mass is 290 g/mol. The van der Waals surface area contributed by atoms with Crippen LogP contribution in [0.2, 0.25) is 0 Å². The lowest BCUT2D eigenvalue weighted by Crippen LogP contribution is -2.30. The number of nitrogens with one attached hydrogen (secondary N) is 2. The standard InChI is InChI=1S/C11H13F3N4O2/c1-18-5-6(2-9(18)19)4-15-10(20)7-3-8(17-16-7)11(12,13)14/h3,6H,2,4-5H2,1H3,(H,15,20)(H,16,17). The minimum Gasteiger partial charge on any atom is -0.350 e. The molecule has 1 aliphatic heterocycles. The minimum atomic E-state index is -4.56. The van der Waals surface area contributed by atoms with Crippen molar-refractivity contribution in [2.75, 3.05) is 20.1 Å². The van der Waals surface area contributed by atoms with E-state index < -0.39 is 17.8 Å². The molecule has 2 heterocycles. The lowest BCUT2D eigenvalue weighted by molar-refractivity contribution is -0.141. The molecule has 0 aliphatic carbocycles. The number of hydrogen-bond acceptors (Lipinski definition) is 3. The van der Waals surface area contributed by atoms with Gasteiger partial charge in [-0.3, -0.25) is 14.7 Å². The summed E-state index contributed by atoms with van der Waals surface area (Å²) in [4.78, 5) is 24.5. The van der Waals surface area contributed by atoms with Gasteiger partial charge in [-0.1, -0.05) is 0 Å². The van der Waals surface area contributed by atoms with Crippen LogP contribution < -0.4 is 5.32 Å². The van der Waals surface area contributed by atoms with E-state index in [0.29, 0.717) is 19.0 Å². The number of likely N-dealkylation sites (tertiary alicyclic amines) is 1. The first-order valence-corrected chi connectivity index (χ1v) is 5.92. The molecule has 1 aliphatic rings. The van der Waals surface area contributed by atoms with Gasteiger partial charge in [0.25, 0.3) is 5.91 Å². The summed E-state index contributed by atoms with van der Waals surface area (Å²) < 4.78 is 37.0. The molecule has 1 saturated heterocycles. The van der Waals surface area contributed by atoms with E-state index >= 15 is 0 Å². The number of aromatic nitrogens is 2. The number of hydrogen-bond donors (Lipinski definition) is 2. The summed E-state index contributed by atoms with van der Waals surface area (Å²) in [5.41, 5.74) is -1.39. The molecule has 1 atom stereocenters. The smallest absolute Gasteiger partial charge is 0.350 e. The second-order valence-corrected chi connectivity index (χ2v) is 4.72. The lowest BCUT2D eigenvalue weighted by atomic mass is 10.1. The summed E-state index contributed by atoms with van der Waals surface area (Å²) in [6.07, 6.45) is -4.24. The Labute approximate surface area is 112 Å². The Morgan fingerprint density at radius 3 is 2.80 bits per heavy atom. The Morgan fingerprint density at radius 2 is 2.30 bits per heavy atom. The van der Waals surface area contributed by atoms with Crippen molar-refractivity contribution in [3.8, 4) is 0 Å². The highest BCUT2D eigenvalue weighted by Crippen LogP contribution is 2.27. The van der Waals surface area contributed by atoms with Crippen LogP contribution in [0.1, 0.15) is 22.6 Å². The predicted octanol–water partition coefficient (Wildman–Crippen LogP) is 0.637. The topological polar surface area (TPSA) is 78.1 Å². The van der Waals surface area contributed by atoms with Crippen LogP contribution in [0, 0.1) is 5.92 Å². The third kappa shape index (κ3) is 3.09. The van der Waals surface area contributed by atoms with Crippen LogP contribution >= 0.6 is 0 Å². The van der Waals surface area contributed by atoms with Crippen LogP contribution in [0.3, 0.4) is 0 Å². The number of halogens is 3. The zero-order valence-corrected chi connectivity index (χ0v) is 10.6. The van der Waals surface area contributed by atoms with Gasteiger partial charge in [-0.2, -0.15) is 18.3 Å². The molecule has 0 radical (unpaired) electrons.